The third kappa shape index (κ3) is 3.13. The van der Waals surface area contributed by atoms with Crippen LogP contribution in [0.3, 0.4) is 0 Å². The molecule has 2 aliphatic rings. The van der Waals surface area contributed by atoms with Crippen LogP contribution in [0.4, 0.5) is 0 Å². The Morgan fingerprint density at radius 3 is 2.47 bits per heavy atom. The number of nitrogens with two attached hydrogens (primary N) is 1. The SMILES string of the molecule is COCC1CCN(CC2C(N)C(C)(C)OC2(C)C)C1. The highest BCUT2D eigenvalue weighted by atomic mass is 16.5. The topological polar surface area (TPSA) is 47.7 Å². The fourth-order valence-corrected chi connectivity index (χ4v) is 3.80. The quantitative estimate of drug-likeness (QED) is 0.841. The number of rotatable bonds is 4. The first-order valence-corrected chi connectivity index (χ1v) is 7.43. The van der Waals surface area contributed by atoms with Gasteiger partial charge in [-0.05, 0) is 46.6 Å². The lowest BCUT2D eigenvalue weighted by atomic mass is 9.83. The number of ether oxygens (including phenoxy) is 2. The second-order valence-corrected chi connectivity index (χ2v) is 7.31. The van der Waals surface area contributed by atoms with Crippen LogP contribution in [0.25, 0.3) is 0 Å². The molecule has 112 valence electrons. The highest BCUT2D eigenvalue weighted by Gasteiger charge is 2.52. The van der Waals surface area contributed by atoms with Gasteiger partial charge in [0.05, 0.1) is 17.8 Å². The molecule has 2 fully saturated rings. The van der Waals surface area contributed by atoms with E-state index in [9.17, 15) is 0 Å². The van der Waals surface area contributed by atoms with E-state index in [0.29, 0.717) is 11.8 Å². The Hall–Kier alpha value is -0.160. The third-order valence-electron chi connectivity index (χ3n) is 4.88. The average Bonchev–Trinajstić information content (AvgIpc) is 2.76. The molecular weight excluding hydrogens is 240 g/mol. The fourth-order valence-electron chi connectivity index (χ4n) is 3.80. The molecule has 3 atom stereocenters. The molecule has 0 aromatic carbocycles. The van der Waals surface area contributed by atoms with Crippen molar-refractivity contribution in [3.8, 4) is 0 Å². The Morgan fingerprint density at radius 2 is 1.95 bits per heavy atom. The van der Waals surface area contributed by atoms with Crippen LogP contribution in [-0.2, 0) is 9.47 Å². The summed E-state index contributed by atoms with van der Waals surface area (Å²) in [6.45, 7) is 12.8. The average molecular weight is 270 g/mol. The van der Waals surface area contributed by atoms with E-state index in [1.54, 1.807) is 7.11 Å². The van der Waals surface area contributed by atoms with Gasteiger partial charge in [-0.2, -0.15) is 0 Å². The molecule has 0 saturated carbocycles. The number of hydrogen-bond donors (Lipinski definition) is 1. The number of methoxy groups -OCH3 is 1. The maximum absolute atomic E-state index is 6.43. The van der Waals surface area contributed by atoms with Crippen LogP contribution in [0, 0.1) is 11.8 Å². The van der Waals surface area contributed by atoms with E-state index >= 15 is 0 Å². The highest BCUT2D eigenvalue weighted by Crippen LogP contribution is 2.41. The van der Waals surface area contributed by atoms with Gasteiger partial charge in [-0.1, -0.05) is 0 Å². The van der Waals surface area contributed by atoms with Crippen LogP contribution >= 0.6 is 0 Å². The summed E-state index contributed by atoms with van der Waals surface area (Å²) in [6.07, 6.45) is 1.24. The largest absolute Gasteiger partial charge is 0.384 e. The molecule has 4 heteroatoms. The first-order chi connectivity index (χ1) is 8.76. The molecule has 4 nitrogen and oxygen atoms in total. The van der Waals surface area contributed by atoms with Crippen molar-refractivity contribution in [2.24, 2.45) is 17.6 Å². The van der Waals surface area contributed by atoms with Gasteiger partial charge in [0, 0.05) is 32.2 Å². The van der Waals surface area contributed by atoms with Crippen molar-refractivity contribution >= 4 is 0 Å². The summed E-state index contributed by atoms with van der Waals surface area (Å²) in [5.74, 6) is 1.07. The Morgan fingerprint density at radius 1 is 1.26 bits per heavy atom. The van der Waals surface area contributed by atoms with E-state index in [2.05, 4.69) is 32.6 Å². The first-order valence-electron chi connectivity index (χ1n) is 7.43. The smallest absolute Gasteiger partial charge is 0.0788 e. The molecule has 0 amide bonds. The van der Waals surface area contributed by atoms with Gasteiger partial charge in [-0.3, -0.25) is 0 Å². The minimum absolute atomic E-state index is 0.101. The van der Waals surface area contributed by atoms with Crippen LogP contribution in [0.5, 0.6) is 0 Å². The molecular formula is C15H30N2O2. The van der Waals surface area contributed by atoms with Gasteiger partial charge in [0.2, 0.25) is 0 Å². The summed E-state index contributed by atoms with van der Waals surface area (Å²) in [7, 11) is 1.79. The summed E-state index contributed by atoms with van der Waals surface area (Å²) in [4.78, 5) is 2.53. The Labute approximate surface area is 117 Å². The summed E-state index contributed by atoms with van der Waals surface area (Å²) in [6, 6.07) is 0.101. The van der Waals surface area contributed by atoms with E-state index in [1.807, 2.05) is 0 Å². The molecule has 3 unspecified atom stereocenters. The van der Waals surface area contributed by atoms with Gasteiger partial charge >= 0.3 is 0 Å². The first kappa shape index (κ1) is 15.2. The second kappa shape index (κ2) is 5.32. The molecule has 0 radical (unpaired) electrons. The summed E-state index contributed by atoms with van der Waals surface area (Å²) in [5, 5.41) is 0. The third-order valence-corrected chi connectivity index (χ3v) is 4.88. The minimum atomic E-state index is -0.222. The molecule has 0 spiro atoms. The molecule has 19 heavy (non-hydrogen) atoms. The van der Waals surface area contributed by atoms with Gasteiger partial charge in [-0.25, -0.2) is 0 Å². The highest BCUT2D eigenvalue weighted by molar-refractivity contribution is 5.05. The van der Waals surface area contributed by atoms with Crippen molar-refractivity contribution in [1.82, 2.24) is 4.90 Å². The van der Waals surface area contributed by atoms with Gasteiger partial charge in [0.15, 0.2) is 0 Å². The van der Waals surface area contributed by atoms with Gasteiger partial charge in [-0.15, -0.1) is 0 Å². The zero-order chi connectivity index (χ0) is 14.3. The lowest BCUT2D eigenvalue weighted by Gasteiger charge is -2.31. The van der Waals surface area contributed by atoms with E-state index in [4.69, 9.17) is 15.2 Å². The molecule has 2 saturated heterocycles. The van der Waals surface area contributed by atoms with Gasteiger partial charge in [0.25, 0.3) is 0 Å². The summed E-state index contributed by atoms with van der Waals surface area (Å²) in [5.41, 5.74) is 6.07. The van der Waals surface area contributed by atoms with Crippen molar-refractivity contribution in [3.63, 3.8) is 0 Å². The predicted octanol–water partition coefficient (Wildman–Crippen LogP) is 1.49. The van der Waals surface area contributed by atoms with Crippen LogP contribution < -0.4 is 5.73 Å². The second-order valence-electron chi connectivity index (χ2n) is 7.31. The molecule has 0 aromatic heterocycles. The van der Waals surface area contributed by atoms with Crippen LogP contribution in [0.15, 0.2) is 0 Å². The molecule has 2 rings (SSSR count). The Bertz CT molecular complexity index is 317. The molecule has 2 N–H and O–H groups in total. The number of hydrogen-bond acceptors (Lipinski definition) is 4. The minimum Gasteiger partial charge on any atom is -0.384 e. The number of nitrogens with zero attached hydrogens (tertiary/aromatic N) is 1. The van der Waals surface area contributed by atoms with Crippen molar-refractivity contribution in [2.45, 2.75) is 51.4 Å². The normalized spacial score (nSPS) is 37.9. The molecule has 0 aromatic rings. The Balaban J connectivity index is 1.96. The molecule has 0 bridgehead atoms. The van der Waals surface area contributed by atoms with E-state index in [0.717, 1.165) is 26.2 Å². The van der Waals surface area contributed by atoms with Crippen LogP contribution in [0.1, 0.15) is 34.1 Å². The lowest BCUT2D eigenvalue weighted by Crippen LogP contribution is -2.47. The zero-order valence-electron chi connectivity index (χ0n) is 13.1. The van der Waals surface area contributed by atoms with E-state index in [1.165, 1.54) is 6.42 Å². The van der Waals surface area contributed by atoms with Crippen molar-refractivity contribution in [2.75, 3.05) is 33.4 Å². The molecule has 2 aliphatic heterocycles. The van der Waals surface area contributed by atoms with Crippen LogP contribution in [-0.4, -0.2) is 55.5 Å². The molecule has 2 heterocycles. The standard InChI is InChI=1S/C15H30N2O2/c1-14(2)12(13(16)15(3,4)19-14)9-17-7-6-11(8-17)10-18-5/h11-13H,6-10,16H2,1-5H3. The van der Waals surface area contributed by atoms with Crippen molar-refractivity contribution in [1.29, 1.82) is 0 Å². The lowest BCUT2D eigenvalue weighted by molar-refractivity contribution is -0.0781. The summed E-state index contributed by atoms with van der Waals surface area (Å²) >= 11 is 0. The number of likely N-dealkylation sites (tertiary alicyclic amines) is 1. The monoisotopic (exact) mass is 270 g/mol. The van der Waals surface area contributed by atoms with E-state index in [-0.39, 0.29) is 17.2 Å². The van der Waals surface area contributed by atoms with Crippen molar-refractivity contribution in [3.05, 3.63) is 0 Å². The van der Waals surface area contributed by atoms with Gasteiger partial charge in [0.1, 0.15) is 0 Å². The van der Waals surface area contributed by atoms with E-state index < -0.39 is 0 Å². The predicted molar refractivity (Wildman–Crippen MR) is 77.1 cm³/mol. The molecule has 0 aliphatic carbocycles. The zero-order valence-corrected chi connectivity index (χ0v) is 13.1. The Kier molecular flexibility index (Phi) is 4.26. The van der Waals surface area contributed by atoms with Crippen LogP contribution in [0.2, 0.25) is 0 Å². The fraction of sp³-hybridized carbons (Fsp3) is 1.00. The summed E-state index contributed by atoms with van der Waals surface area (Å²) < 4.78 is 11.4. The maximum Gasteiger partial charge on any atom is 0.0788 e. The maximum atomic E-state index is 6.43. The van der Waals surface area contributed by atoms with Crippen molar-refractivity contribution < 1.29 is 9.47 Å². The van der Waals surface area contributed by atoms with Gasteiger partial charge < -0.3 is 20.1 Å².